The van der Waals surface area contributed by atoms with E-state index in [0.717, 1.165) is 10.9 Å². The summed E-state index contributed by atoms with van der Waals surface area (Å²) in [4.78, 5) is 25.7. The molecule has 8 heteroatoms. The van der Waals surface area contributed by atoms with Gasteiger partial charge in [-0.1, -0.05) is 23.7 Å². The molecule has 0 bridgehead atoms. The maximum atomic E-state index is 13.0. The summed E-state index contributed by atoms with van der Waals surface area (Å²) in [7, 11) is 0. The number of rotatable bonds is 7. The summed E-state index contributed by atoms with van der Waals surface area (Å²) in [6, 6.07) is 14.4. The van der Waals surface area contributed by atoms with Crippen molar-refractivity contribution in [1.82, 2.24) is 15.2 Å². The third kappa shape index (κ3) is 7.23. The summed E-state index contributed by atoms with van der Waals surface area (Å²) >= 11 is 6.17. The van der Waals surface area contributed by atoms with Crippen molar-refractivity contribution < 1.29 is 14.7 Å². The molecular weight excluding hydrogens is 464 g/mol. The van der Waals surface area contributed by atoms with E-state index in [4.69, 9.17) is 11.6 Å². The molecule has 0 fully saturated rings. The van der Waals surface area contributed by atoms with Gasteiger partial charge < -0.3 is 25.6 Å². The van der Waals surface area contributed by atoms with E-state index in [-0.39, 0.29) is 30.4 Å². The van der Waals surface area contributed by atoms with Crippen molar-refractivity contribution in [2.24, 2.45) is 0 Å². The molecule has 1 unspecified atom stereocenters. The second kappa shape index (κ2) is 10.3. The van der Waals surface area contributed by atoms with Crippen LogP contribution < -0.4 is 16.0 Å². The number of aliphatic hydroxyl groups excluding tert-OH is 1. The number of hydrogen-bond acceptors (Lipinski definition) is 4. The third-order valence-corrected chi connectivity index (χ3v) is 5.40. The summed E-state index contributed by atoms with van der Waals surface area (Å²) in [5.41, 5.74) is 1.60. The lowest BCUT2D eigenvalue weighted by atomic mass is 10.1. The lowest BCUT2D eigenvalue weighted by molar-refractivity contribution is 0.0900. The molecule has 0 saturated carbocycles. The Balaban J connectivity index is 1.81. The highest BCUT2D eigenvalue weighted by Gasteiger charge is 2.22. The standard InChI is InChI=1S/C27H35ClN4O3/c1-26(2,3)30-24(34)20-9-7-8-10-21(20)29-15-19(33)16-32-22-12-11-18(28)13-17(22)14-23(32)25(35)31-27(4,5)6/h7-14,19,29,33H,15-16H2,1-6H3,(H,30,34)(H,31,35). The number of fused-ring (bicyclic) bond motifs is 1. The van der Waals surface area contributed by atoms with Gasteiger partial charge in [-0.05, 0) is 77.9 Å². The topological polar surface area (TPSA) is 95.4 Å². The minimum absolute atomic E-state index is 0.182. The van der Waals surface area contributed by atoms with E-state index in [0.29, 0.717) is 22.0 Å². The van der Waals surface area contributed by atoms with Gasteiger partial charge in [0, 0.05) is 39.2 Å². The molecule has 0 aliphatic heterocycles. The Labute approximate surface area is 211 Å². The number of anilines is 1. The van der Waals surface area contributed by atoms with E-state index in [9.17, 15) is 14.7 Å². The maximum Gasteiger partial charge on any atom is 0.268 e. The number of aromatic nitrogens is 1. The highest BCUT2D eigenvalue weighted by atomic mass is 35.5. The zero-order valence-corrected chi connectivity index (χ0v) is 22.0. The van der Waals surface area contributed by atoms with Crippen LogP contribution in [0.1, 0.15) is 62.4 Å². The fourth-order valence-electron chi connectivity index (χ4n) is 3.78. The van der Waals surface area contributed by atoms with Crippen molar-refractivity contribution >= 4 is 40.0 Å². The summed E-state index contributed by atoms with van der Waals surface area (Å²) in [5, 5.41) is 21.4. The van der Waals surface area contributed by atoms with Crippen LogP contribution in [0.5, 0.6) is 0 Å². The smallest absolute Gasteiger partial charge is 0.268 e. The van der Waals surface area contributed by atoms with Gasteiger partial charge in [0.2, 0.25) is 0 Å². The lowest BCUT2D eigenvalue weighted by Crippen LogP contribution is -2.41. The van der Waals surface area contributed by atoms with E-state index in [1.54, 1.807) is 41.0 Å². The minimum Gasteiger partial charge on any atom is -0.389 e. The number of para-hydroxylation sites is 1. The predicted octanol–water partition coefficient (Wildman–Crippen LogP) is 4.82. The Morgan fingerprint density at radius 1 is 0.943 bits per heavy atom. The van der Waals surface area contributed by atoms with Crippen LogP contribution in [0, 0.1) is 0 Å². The van der Waals surface area contributed by atoms with E-state index < -0.39 is 11.6 Å². The van der Waals surface area contributed by atoms with Crippen LogP contribution in [0.15, 0.2) is 48.5 Å². The van der Waals surface area contributed by atoms with Crippen molar-refractivity contribution in [2.75, 3.05) is 11.9 Å². The molecule has 35 heavy (non-hydrogen) atoms. The van der Waals surface area contributed by atoms with Crippen LogP contribution in [-0.2, 0) is 6.54 Å². The number of amides is 2. The lowest BCUT2D eigenvalue weighted by Gasteiger charge is -2.23. The second-order valence-electron chi connectivity index (χ2n) is 10.8. The Morgan fingerprint density at radius 2 is 1.57 bits per heavy atom. The molecule has 1 heterocycles. The molecule has 188 valence electrons. The second-order valence-corrected chi connectivity index (χ2v) is 11.3. The SMILES string of the molecule is CC(C)(C)NC(=O)c1ccccc1NCC(O)Cn1c(C(=O)NC(C)(C)C)cc2cc(Cl)ccc21. The van der Waals surface area contributed by atoms with Gasteiger partial charge in [0.1, 0.15) is 5.69 Å². The molecule has 2 amide bonds. The largest absolute Gasteiger partial charge is 0.389 e. The van der Waals surface area contributed by atoms with Crippen LogP contribution in [0.4, 0.5) is 5.69 Å². The van der Waals surface area contributed by atoms with Crippen molar-refractivity contribution in [2.45, 2.75) is 65.3 Å². The number of halogens is 1. The van der Waals surface area contributed by atoms with Crippen LogP contribution in [-0.4, -0.2) is 45.2 Å². The number of nitrogens with one attached hydrogen (secondary N) is 3. The number of aliphatic hydroxyl groups is 1. The number of nitrogens with zero attached hydrogens (tertiary/aromatic N) is 1. The molecule has 1 aromatic heterocycles. The van der Waals surface area contributed by atoms with Gasteiger partial charge in [-0.3, -0.25) is 9.59 Å². The first-order valence-corrected chi connectivity index (χ1v) is 12.1. The highest BCUT2D eigenvalue weighted by Crippen LogP contribution is 2.25. The van der Waals surface area contributed by atoms with E-state index in [1.807, 2.05) is 53.7 Å². The van der Waals surface area contributed by atoms with Gasteiger partial charge in [0.25, 0.3) is 11.8 Å². The number of carbonyl (C=O) groups is 2. The zero-order chi connectivity index (χ0) is 26.0. The Kier molecular flexibility index (Phi) is 7.82. The van der Waals surface area contributed by atoms with Crippen molar-refractivity contribution in [3.05, 3.63) is 64.8 Å². The van der Waals surface area contributed by atoms with Crippen LogP contribution in [0.2, 0.25) is 5.02 Å². The summed E-state index contributed by atoms with van der Waals surface area (Å²) in [6.45, 7) is 11.9. The molecule has 0 spiro atoms. The van der Waals surface area contributed by atoms with Crippen molar-refractivity contribution in [3.63, 3.8) is 0 Å². The maximum absolute atomic E-state index is 13.0. The molecule has 3 aromatic rings. The van der Waals surface area contributed by atoms with Gasteiger partial charge in [0.15, 0.2) is 0 Å². The summed E-state index contributed by atoms with van der Waals surface area (Å²) in [5.74, 6) is -0.418. The Hall–Kier alpha value is -3.03. The molecule has 1 atom stereocenters. The molecule has 3 rings (SSSR count). The predicted molar refractivity (Wildman–Crippen MR) is 142 cm³/mol. The first kappa shape index (κ1) is 26.6. The normalized spacial score (nSPS) is 12.9. The number of hydrogen-bond donors (Lipinski definition) is 4. The highest BCUT2D eigenvalue weighted by molar-refractivity contribution is 6.31. The average molecular weight is 499 g/mol. The van der Waals surface area contributed by atoms with Crippen molar-refractivity contribution in [1.29, 1.82) is 0 Å². The molecule has 0 aliphatic carbocycles. The molecule has 7 nitrogen and oxygen atoms in total. The van der Waals surface area contributed by atoms with E-state index >= 15 is 0 Å². The summed E-state index contributed by atoms with van der Waals surface area (Å²) < 4.78 is 1.80. The van der Waals surface area contributed by atoms with Gasteiger partial charge in [0.05, 0.1) is 18.2 Å². The quantitative estimate of drug-likeness (QED) is 0.375. The van der Waals surface area contributed by atoms with Gasteiger partial charge in [-0.15, -0.1) is 0 Å². The molecular formula is C27H35ClN4O3. The first-order chi connectivity index (χ1) is 16.2. The number of benzene rings is 2. The summed E-state index contributed by atoms with van der Waals surface area (Å²) in [6.07, 6.45) is -0.832. The first-order valence-electron chi connectivity index (χ1n) is 11.7. The number of carbonyl (C=O) groups excluding carboxylic acids is 2. The Bertz CT molecular complexity index is 1220. The van der Waals surface area contributed by atoms with Crippen molar-refractivity contribution in [3.8, 4) is 0 Å². The third-order valence-electron chi connectivity index (χ3n) is 5.17. The fraction of sp³-hybridized carbons (Fsp3) is 0.407. The van der Waals surface area contributed by atoms with Gasteiger partial charge in [-0.2, -0.15) is 0 Å². The van der Waals surface area contributed by atoms with E-state index in [1.165, 1.54) is 0 Å². The molecule has 2 aromatic carbocycles. The monoisotopic (exact) mass is 498 g/mol. The molecule has 4 N–H and O–H groups in total. The zero-order valence-electron chi connectivity index (χ0n) is 21.2. The van der Waals surface area contributed by atoms with E-state index in [2.05, 4.69) is 16.0 Å². The fourth-order valence-corrected chi connectivity index (χ4v) is 3.96. The molecule has 0 aliphatic rings. The van der Waals surface area contributed by atoms with Gasteiger partial charge in [-0.25, -0.2) is 0 Å². The van der Waals surface area contributed by atoms with Crippen LogP contribution >= 0.6 is 11.6 Å². The van der Waals surface area contributed by atoms with Gasteiger partial charge >= 0.3 is 0 Å². The minimum atomic E-state index is -0.832. The van der Waals surface area contributed by atoms with Crippen LogP contribution in [0.25, 0.3) is 10.9 Å². The molecule has 0 saturated heterocycles. The molecule has 0 radical (unpaired) electrons. The average Bonchev–Trinajstić information content (AvgIpc) is 3.07. The van der Waals surface area contributed by atoms with Crippen LogP contribution in [0.3, 0.4) is 0 Å². The Morgan fingerprint density at radius 3 is 2.23 bits per heavy atom.